The molecule has 0 bridgehead atoms. The first-order valence-corrected chi connectivity index (χ1v) is 9.12. The Bertz CT molecular complexity index is 1090. The topological polar surface area (TPSA) is 102 Å². The lowest BCUT2D eigenvalue weighted by Gasteiger charge is -2.15. The zero-order valence-electron chi connectivity index (χ0n) is 15.0. The van der Waals surface area contributed by atoms with Crippen LogP contribution in [0.2, 0.25) is 5.02 Å². The number of amides is 1. The summed E-state index contributed by atoms with van der Waals surface area (Å²) in [4.78, 5) is 22.4. The molecule has 8 heteroatoms. The zero-order chi connectivity index (χ0) is 20.5. The highest BCUT2D eigenvalue weighted by Crippen LogP contribution is 2.44. The van der Waals surface area contributed by atoms with Crippen molar-refractivity contribution in [1.29, 1.82) is 0 Å². The van der Waals surface area contributed by atoms with Crippen LogP contribution in [-0.4, -0.2) is 22.7 Å². The van der Waals surface area contributed by atoms with Gasteiger partial charge in [0.05, 0.1) is 16.7 Å². The molecule has 1 amide bonds. The number of anilines is 1. The summed E-state index contributed by atoms with van der Waals surface area (Å²) in [6.45, 7) is 0.0985. The fourth-order valence-corrected chi connectivity index (χ4v) is 3.77. The molecule has 4 rings (SSSR count). The lowest BCUT2D eigenvalue weighted by Crippen LogP contribution is -2.18. The van der Waals surface area contributed by atoms with E-state index in [2.05, 4.69) is 5.32 Å². The molecule has 0 fully saturated rings. The molecule has 0 unspecified atom stereocenters. The standard InChI is InChI=1S/C21H15ClN2O5/c22-17-9-18(20(25)10-19(17)24(27)28)23-21(26)29-11-16-14-7-3-1-5-12(14)13-6-2-4-8-15(13)16/h1-10,16,25H,11H2,(H,23,26). The van der Waals surface area contributed by atoms with E-state index in [1.165, 1.54) is 0 Å². The number of benzene rings is 3. The Kier molecular flexibility index (Phi) is 4.82. The average molecular weight is 411 g/mol. The van der Waals surface area contributed by atoms with Crippen molar-refractivity contribution in [3.63, 3.8) is 0 Å². The van der Waals surface area contributed by atoms with Crippen LogP contribution in [0.25, 0.3) is 11.1 Å². The maximum atomic E-state index is 12.3. The number of fused-ring (bicyclic) bond motifs is 3. The quantitative estimate of drug-likeness (QED) is 0.344. The van der Waals surface area contributed by atoms with Gasteiger partial charge in [-0.1, -0.05) is 60.1 Å². The number of nitrogens with one attached hydrogen (secondary N) is 1. The van der Waals surface area contributed by atoms with Crippen molar-refractivity contribution >= 4 is 29.1 Å². The first-order valence-electron chi connectivity index (χ1n) is 8.74. The molecule has 0 aliphatic heterocycles. The van der Waals surface area contributed by atoms with E-state index in [1.807, 2.05) is 48.5 Å². The predicted molar refractivity (Wildman–Crippen MR) is 108 cm³/mol. The van der Waals surface area contributed by atoms with Crippen molar-refractivity contribution in [3.05, 3.63) is 86.9 Å². The van der Waals surface area contributed by atoms with Gasteiger partial charge in [-0.25, -0.2) is 4.79 Å². The van der Waals surface area contributed by atoms with Crippen LogP contribution in [0.4, 0.5) is 16.2 Å². The van der Waals surface area contributed by atoms with Gasteiger partial charge in [-0.15, -0.1) is 0 Å². The number of carbonyl (C=O) groups is 1. The van der Waals surface area contributed by atoms with Gasteiger partial charge in [0.1, 0.15) is 17.4 Å². The molecular formula is C21H15ClN2O5. The number of carbonyl (C=O) groups excluding carboxylic acids is 1. The first kappa shape index (κ1) is 18.8. The van der Waals surface area contributed by atoms with E-state index in [0.29, 0.717) is 0 Å². The van der Waals surface area contributed by atoms with E-state index in [9.17, 15) is 20.0 Å². The molecule has 0 aromatic heterocycles. The number of phenolic OH excluding ortho intramolecular Hbond substituents is 1. The highest BCUT2D eigenvalue weighted by molar-refractivity contribution is 6.33. The van der Waals surface area contributed by atoms with Crippen LogP contribution >= 0.6 is 11.6 Å². The van der Waals surface area contributed by atoms with Gasteiger partial charge < -0.3 is 9.84 Å². The van der Waals surface area contributed by atoms with Crippen LogP contribution < -0.4 is 5.32 Å². The van der Waals surface area contributed by atoms with Crippen molar-refractivity contribution in [1.82, 2.24) is 0 Å². The second kappa shape index (κ2) is 7.44. The SMILES string of the molecule is O=C(Nc1cc(Cl)c([N+](=O)[O-])cc1O)OCC1c2ccccc2-c2ccccc21. The smallest absolute Gasteiger partial charge is 0.411 e. The number of nitro groups is 1. The number of ether oxygens (including phenoxy) is 1. The van der Waals surface area contributed by atoms with E-state index < -0.39 is 22.5 Å². The molecule has 0 saturated heterocycles. The summed E-state index contributed by atoms with van der Waals surface area (Å²) in [5.74, 6) is -0.586. The van der Waals surface area contributed by atoms with Crippen molar-refractivity contribution in [2.75, 3.05) is 11.9 Å². The second-order valence-corrected chi connectivity index (χ2v) is 6.94. The Hall–Kier alpha value is -3.58. The van der Waals surface area contributed by atoms with Crippen LogP contribution in [0.1, 0.15) is 17.0 Å². The summed E-state index contributed by atoms with van der Waals surface area (Å²) < 4.78 is 5.38. The van der Waals surface area contributed by atoms with Gasteiger partial charge in [-0.3, -0.25) is 15.4 Å². The molecule has 0 atom stereocenters. The Morgan fingerprint density at radius 1 is 1.10 bits per heavy atom. The Morgan fingerprint density at radius 3 is 2.28 bits per heavy atom. The van der Waals surface area contributed by atoms with Gasteiger partial charge >= 0.3 is 6.09 Å². The number of aromatic hydroxyl groups is 1. The van der Waals surface area contributed by atoms with E-state index in [-0.39, 0.29) is 23.2 Å². The molecule has 1 aliphatic carbocycles. The maximum Gasteiger partial charge on any atom is 0.411 e. The largest absolute Gasteiger partial charge is 0.506 e. The molecule has 1 aliphatic rings. The minimum atomic E-state index is -0.799. The lowest BCUT2D eigenvalue weighted by molar-refractivity contribution is -0.384. The highest BCUT2D eigenvalue weighted by Gasteiger charge is 2.29. The third-order valence-corrected chi connectivity index (χ3v) is 5.14. The number of phenols is 1. The van der Waals surface area contributed by atoms with Crippen LogP contribution in [0.15, 0.2) is 60.7 Å². The number of hydrogen-bond acceptors (Lipinski definition) is 5. The predicted octanol–water partition coefficient (Wildman–Crippen LogP) is 5.31. The van der Waals surface area contributed by atoms with Crippen LogP contribution in [-0.2, 0) is 4.74 Å². The molecular weight excluding hydrogens is 396 g/mol. The molecule has 3 aromatic rings. The third kappa shape index (κ3) is 3.48. The van der Waals surface area contributed by atoms with Crippen molar-refractivity contribution in [2.24, 2.45) is 0 Å². The number of nitrogens with zero attached hydrogens (tertiary/aromatic N) is 1. The molecule has 2 N–H and O–H groups in total. The highest BCUT2D eigenvalue weighted by atomic mass is 35.5. The monoisotopic (exact) mass is 410 g/mol. The maximum absolute atomic E-state index is 12.3. The summed E-state index contributed by atoms with van der Waals surface area (Å²) in [6, 6.07) is 17.9. The summed E-state index contributed by atoms with van der Waals surface area (Å²) in [5.41, 5.74) is 3.83. The normalized spacial score (nSPS) is 12.2. The third-order valence-electron chi connectivity index (χ3n) is 4.84. The number of halogens is 1. The summed E-state index contributed by atoms with van der Waals surface area (Å²) in [7, 11) is 0. The van der Waals surface area contributed by atoms with Gasteiger partial charge in [-0.2, -0.15) is 0 Å². The minimum absolute atomic E-state index is 0.0715. The average Bonchev–Trinajstić information content (AvgIpc) is 3.02. The Labute approximate surface area is 170 Å². The molecule has 0 spiro atoms. The molecule has 7 nitrogen and oxygen atoms in total. The summed E-state index contributed by atoms with van der Waals surface area (Å²) in [6.07, 6.45) is -0.799. The number of hydrogen-bond donors (Lipinski definition) is 2. The van der Waals surface area contributed by atoms with E-state index in [1.54, 1.807) is 0 Å². The molecule has 3 aromatic carbocycles. The fourth-order valence-electron chi connectivity index (χ4n) is 3.54. The van der Waals surface area contributed by atoms with Gasteiger partial charge in [0, 0.05) is 5.92 Å². The Balaban J connectivity index is 1.50. The molecule has 146 valence electrons. The number of nitro benzene ring substituents is 1. The molecule has 29 heavy (non-hydrogen) atoms. The number of rotatable bonds is 4. The van der Waals surface area contributed by atoms with E-state index in [0.717, 1.165) is 34.4 Å². The second-order valence-electron chi connectivity index (χ2n) is 6.53. The molecule has 0 radical (unpaired) electrons. The van der Waals surface area contributed by atoms with Gasteiger partial charge in [-0.05, 0) is 28.3 Å². The van der Waals surface area contributed by atoms with Gasteiger partial charge in [0.2, 0.25) is 0 Å². The summed E-state index contributed by atoms with van der Waals surface area (Å²) in [5, 5.41) is 22.9. The fraction of sp³-hybridized carbons (Fsp3) is 0.0952. The first-order chi connectivity index (χ1) is 14.0. The van der Waals surface area contributed by atoms with Crippen LogP contribution in [0, 0.1) is 10.1 Å². The van der Waals surface area contributed by atoms with E-state index >= 15 is 0 Å². The zero-order valence-corrected chi connectivity index (χ0v) is 15.7. The van der Waals surface area contributed by atoms with Crippen LogP contribution in [0.5, 0.6) is 5.75 Å². The van der Waals surface area contributed by atoms with Crippen LogP contribution in [0.3, 0.4) is 0 Å². The van der Waals surface area contributed by atoms with Crippen molar-refractivity contribution in [3.8, 4) is 16.9 Å². The minimum Gasteiger partial charge on any atom is -0.506 e. The van der Waals surface area contributed by atoms with Gasteiger partial charge in [0.15, 0.2) is 0 Å². The van der Waals surface area contributed by atoms with Gasteiger partial charge in [0.25, 0.3) is 5.69 Å². The van der Waals surface area contributed by atoms with E-state index in [4.69, 9.17) is 16.3 Å². The Morgan fingerprint density at radius 2 is 1.69 bits per heavy atom. The van der Waals surface area contributed by atoms with Crippen molar-refractivity contribution in [2.45, 2.75) is 5.92 Å². The summed E-state index contributed by atoms with van der Waals surface area (Å²) >= 11 is 5.83. The lowest BCUT2D eigenvalue weighted by atomic mass is 9.98. The molecule has 0 heterocycles. The van der Waals surface area contributed by atoms with Crippen molar-refractivity contribution < 1.29 is 19.6 Å². The molecule has 0 saturated carbocycles.